The van der Waals surface area contributed by atoms with Crippen LogP contribution in [0.3, 0.4) is 0 Å². The topological polar surface area (TPSA) is 34.1 Å². The first-order valence-electron chi connectivity index (χ1n) is 8.16. The molecule has 0 amide bonds. The summed E-state index contributed by atoms with van der Waals surface area (Å²) in [7, 11) is 0. The molecular weight excluding hydrogens is 296 g/mol. The zero-order valence-electron chi connectivity index (χ0n) is 13.9. The summed E-state index contributed by atoms with van der Waals surface area (Å²) in [5.74, 6) is 0.899. The fourth-order valence-electron chi connectivity index (χ4n) is 2.45. The number of nitrogens with one attached hydrogen (secondary N) is 1. The molecular formula is C21H22N2O. The third kappa shape index (κ3) is 4.93. The summed E-state index contributed by atoms with van der Waals surface area (Å²) < 4.78 is 5.90. The molecule has 24 heavy (non-hydrogen) atoms. The third-order valence-corrected chi connectivity index (χ3v) is 3.81. The van der Waals surface area contributed by atoms with Crippen molar-refractivity contribution in [1.29, 1.82) is 0 Å². The number of benzene rings is 2. The number of aromatic nitrogens is 1. The molecule has 1 aromatic heterocycles. The normalized spacial score (nSPS) is 10.5. The molecule has 1 N–H and O–H groups in total. The van der Waals surface area contributed by atoms with E-state index in [9.17, 15) is 0 Å². The van der Waals surface area contributed by atoms with Crippen molar-refractivity contribution in [3.8, 4) is 5.75 Å². The molecule has 2 aromatic carbocycles. The quantitative estimate of drug-likeness (QED) is 0.707. The smallest absolute Gasteiger partial charge is 0.120 e. The molecule has 0 radical (unpaired) electrons. The van der Waals surface area contributed by atoms with Gasteiger partial charge in [-0.2, -0.15) is 0 Å². The van der Waals surface area contributed by atoms with Gasteiger partial charge in [0.2, 0.25) is 0 Å². The van der Waals surface area contributed by atoms with Gasteiger partial charge in [0, 0.05) is 25.5 Å². The van der Waals surface area contributed by atoms with Gasteiger partial charge >= 0.3 is 0 Å². The Kier molecular flexibility index (Phi) is 5.59. The van der Waals surface area contributed by atoms with Crippen LogP contribution in [-0.2, 0) is 19.7 Å². The molecule has 0 atom stereocenters. The molecule has 0 aliphatic rings. The summed E-state index contributed by atoms with van der Waals surface area (Å²) >= 11 is 0. The average molecular weight is 318 g/mol. The van der Waals surface area contributed by atoms with Crippen LogP contribution in [0.4, 0.5) is 0 Å². The molecule has 0 saturated carbocycles. The van der Waals surface area contributed by atoms with Crippen molar-refractivity contribution in [2.24, 2.45) is 0 Å². The highest BCUT2D eigenvalue weighted by molar-refractivity contribution is 5.29. The minimum Gasteiger partial charge on any atom is -0.489 e. The molecule has 0 fully saturated rings. The summed E-state index contributed by atoms with van der Waals surface area (Å²) in [5, 5.41) is 3.43. The van der Waals surface area contributed by atoms with Gasteiger partial charge in [-0.25, -0.2) is 0 Å². The largest absolute Gasteiger partial charge is 0.489 e. The minimum atomic E-state index is 0.590. The highest BCUT2D eigenvalue weighted by Crippen LogP contribution is 2.15. The Labute approximate surface area is 143 Å². The van der Waals surface area contributed by atoms with Crippen LogP contribution in [0.2, 0.25) is 0 Å². The zero-order valence-corrected chi connectivity index (χ0v) is 13.9. The summed E-state index contributed by atoms with van der Waals surface area (Å²) in [6.45, 7) is 4.29. The predicted octanol–water partition coefficient (Wildman–Crippen LogP) is 4.26. The molecule has 122 valence electrons. The van der Waals surface area contributed by atoms with E-state index in [0.717, 1.165) is 18.8 Å². The number of aryl methyl sites for hydroxylation is 1. The first kappa shape index (κ1) is 16.2. The Morgan fingerprint density at radius 3 is 2.46 bits per heavy atom. The third-order valence-electron chi connectivity index (χ3n) is 3.81. The number of nitrogens with zero attached hydrogens (tertiary/aromatic N) is 1. The summed E-state index contributed by atoms with van der Waals surface area (Å²) in [4.78, 5) is 4.12. The lowest BCUT2D eigenvalue weighted by molar-refractivity contribution is 0.306. The maximum absolute atomic E-state index is 5.90. The number of hydrogen-bond acceptors (Lipinski definition) is 3. The number of rotatable bonds is 7. The van der Waals surface area contributed by atoms with Crippen LogP contribution in [0.25, 0.3) is 0 Å². The van der Waals surface area contributed by atoms with Crippen LogP contribution in [0.5, 0.6) is 5.75 Å². The average Bonchev–Trinajstić information content (AvgIpc) is 2.63. The number of ether oxygens (including phenoxy) is 1. The Morgan fingerprint density at radius 2 is 1.67 bits per heavy atom. The van der Waals surface area contributed by atoms with E-state index >= 15 is 0 Å². The van der Waals surface area contributed by atoms with Crippen LogP contribution < -0.4 is 10.1 Å². The van der Waals surface area contributed by atoms with E-state index in [2.05, 4.69) is 59.7 Å². The van der Waals surface area contributed by atoms with Crippen LogP contribution in [0, 0.1) is 6.92 Å². The van der Waals surface area contributed by atoms with Crippen molar-refractivity contribution in [2.75, 3.05) is 0 Å². The maximum Gasteiger partial charge on any atom is 0.120 e. The summed E-state index contributed by atoms with van der Waals surface area (Å²) in [6.07, 6.45) is 3.67. The van der Waals surface area contributed by atoms with Gasteiger partial charge in [-0.15, -0.1) is 0 Å². The van der Waals surface area contributed by atoms with Crippen LogP contribution in [0.15, 0.2) is 73.1 Å². The second kappa shape index (κ2) is 8.27. The van der Waals surface area contributed by atoms with Crippen LogP contribution in [0.1, 0.15) is 22.3 Å². The van der Waals surface area contributed by atoms with Crippen molar-refractivity contribution in [3.05, 3.63) is 95.3 Å². The highest BCUT2D eigenvalue weighted by atomic mass is 16.5. The number of hydrogen-bond donors (Lipinski definition) is 1. The second-order valence-electron chi connectivity index (χ2n) is 5.89. The van der Waals surface area contributed by atoms with Gasteiger partial charge in [0.25, 0.3) is 0 Å². The van der Waals surface area contributed by atoms with Gasteiger partial charge in [0.05, 0.1) is 0 Å². The standard InChI is InChI=1S/C21H22N2O/c1-17-7-9-18(10-8-17)16-24-21-6-2-4-19(12-21)13-23-15-20-5-3-11-22-14-20/h2-12,14,23H,13,15-16H2,1H3. The minimum absolute atomic E-state index is 0.590. The van der Waals surface area contributed by atoms with Crippen LogP contribution >= 0.6 is 0 Å². The van der Waals surface area contributed by atoms with E-state index in [-0.39, 0.29) is 0 Å². The summed E-state index contributed by atoms with van der Waals surface area (Å²) in [6, 6.07) is 20.7. The van der Waals surface area contributed by atoms with Gasteiger partial charge in [-0.05, 0) is 41.8 Å². The van der Waals surface area contributed by atoms with E-state index in [1.807, 2.05) is 24.4 Å². The second-order valence-corrected chi connectivity index (χ2v) is 5.89. The van der Waals surface area contributed by atoms with Gasteiger partial charge < -0.3 is 10.1 Å². The molecule has 0 spiro atoms. The number of pyridine rings is 1. The van der Waals surface area contributed by atoms with Crippen molar-refractivity contribution in [1.82, 2.24) is 10.3 Å². The van der Waals surface area contributed by atoms with Crippen molar-refractivity contribution < 1.29 is 4.74 Å². The lowest BCUT2D eigenvalue weighted by atomic mass is 10.1. The van der Waals surface area contributed by atoms with E-state index in [1.165, 1.54) is 22.3 Å². The Bertz CT molecular complexity index is 754. The molecule has 0 aliphatic carbocycles. The highest BCUT2D eigenvalue weighted by Gasteiger charge is 1.99. The molecule has 3 nitrogen and oxygen atoms in total. The zero-order chi connectivity index (χ0) is 16.6. The maximum atomic E-state index is 5.90. The van der Waals surface area contributed by atoms with Crippen LogP contribution in [-0.4, -0.2) is 4.98 Å². The molecule has 3 aromatic rings. The molecule has 3 rings (SSSR count). The monoisotopic (exact) mass is 318 g/mol. The fraction of sp³-hybridized carbons (Fsp3) is 0.190. The first-order valence-corrected chi connectivity index (χ1v) is 8.16. The van der Waals surface area contributed by atoms with E-state index in [0.29, 0.717) is 6.61 Å². The lowest BCUT2D eigenvalue weighted by Crippen LogP contribution is -2.12. The van der Waals surface area contributed by atoms with Gasteiger partial charge in [-0.3, -0.25) is 4.98 Å². The van der Waals surface area contributed by atoms with E-state index < -0.39 is 0 Å². The van der Waals surface area contributed by atoms with E-state index in [1.54, 1.807) is 6.20 Å². The van der Waals surface area contributed by atoms with Gasteiger partial charge in [0.1, 0.15) is 12.4 Å². The fourth-order valence-corrected chi connectivity index (χ4v) is 2.45. The van der Waals surface area contributed by atoms with Crippen molar-refractivity contribution >= 4 is 0 Å². The Hall–Kier alpha value is -2.65. The van der Waals surface area contributed by atoms with Crippen molar-refractivity contribution in [2.45, 2.75) is 26.6 Å². The molecule has 3 heteroatoms. The molecule has 0 unspecified atom stereocenters. The molecule has 0 bridgehead atoms. The lowest BCUT2D eigenvalue weighted by Gasteiger charge is -2.09. The predicted molar refractivity (Wildman–Crippen MR) is 96.7 cm³/mol. The van der Waals surface area contributed by atoms with Crippen molar-refractivity contribution in [3.63, 3.8) is 0 Å². The van der Waals surface area contributed by atoms with E-state index in [4.69, 9.17) is 4.74 Å². The summed E-state index contributed by atoms with van der Waals surface area (Å²) in [5.41, 5.74) is 4.84. The molecule has 0 saturated heterocycles. The Balaban J connectivity index is 1.51. The molecule has 0 aliphatic heterocycles. The molecule has 1 heterocycles. The SMILES string of the molecule is Cc1ccc(COc2cccc(CNCc3cccnc3)c2)cc1. The van der Waals surface area contributed by atoms with Gasteiger partial charge in [-0.1, -0.05) is 48.0 Å². The Morgan fingerprint density at radius 1 is 0.875 bits per heavy atom. The first-order chi connectivity index (χ1) is 11.8. The van der Waals surface area contributed by atoms with Gasteiger partial charge in [0.15, 0.2) is 0 Å².